The lowest BCUT2D eigenvalue weighted by Gasteiger charge is -2.37. The topological polar surface area (TPSA) is 40.7 Å². The van der Waals surface area contributed by atoms with E-state index in [0.717, 1.165) is 12.3 Å². The highest BCUT2D eigenvalue weighted by molar-refractivity contribution is 5.18. The van der Waals surface area contributed by atoms with Crippen molar-refractivity contribution in [1.82, 2.24) is 15.3 Å². The minimum atomic E-state index is 0.402. The molecule has 2 fully saturated rings. The highest BCUT2D eigenvalue weighted by atomic mass is 14.9. The Morgan fingerprint density at radius 1 is 1.35 bits per heavy atom. The van der Waals surface area contributed by atoms with E-state index in [1.807, 2.05) is 0 Å². The van der Waals surface area contributed by atoms with E-state index in [9.17, 15) is 0 Å². The van der Waals surface area contributed by atoms with E-state index >= 15 is 0 Å². The zero-order chi connectivity index (χ0) is 11.7. The fourth-order valence-corrected chi connectivity index (χ4v) is 3.11. The van der Waals surface area contributed by atoms with Crippen molar-refractivity contribution in [3.8, 4) is 0 Å². The van der Waals surface area contributed by atoms with Crippen LogP contribution in [0.25, 0.3) is 0 Å². The minimum absolute atomic E-state index is 0.402. The van der Waals surface area contributed by atoms with Crippen molar-refractivity contribution in [1.29, 1.82) is 0 Å². The third-order valence-electron chi connectivity index (χ3n) is 4.68. The summed E-state index contributed by atoms with van der Waals surface area (Å²) in [4.78, 5) is 8.15. The number of rotatable bonds is 3. The lowest BCUT2D eigenvalue weighted by Crippen LogP contribution is -2.31. The van der Waals surface area contributed by atoms with E-state index in [2.05, 4.69) is 28.4 Å². The fraction of sp³-hybridized carbons (Fsp3) is 0.786. The first-order valence-corrected chi connectivity index (χ1v) is 7.01. The van der Waals surface area contributed by atoms with E-state index in [-0.39, 0.29) is 0 Å². The summed E-state index contributed by atoms with van der Waals surface area (Å²) >= 11 is 0. The van der Waals surface area contributed by atoms with Crippen LogP contribution in [-0.2, 0) is 11.8 Å². The number of H-pyrrole nitrogens is 1. The molecule has 1 aromatic heterocycles. The van der Waals surface area contributed by atoms with Gasteiger partial charge in [0.15, 0.2) is 0 Å². The van der Waals surface area contributed by atoms with Crippen LogP contribution in [0.15, 0.2) is 6.20 Å². The smallest absolute Gasteiger partial charge is 0.106 e. The molecule has 0 spiro atoms. The molecule has 0 unspecified atom stereocenters. The number of imidazole rings is 1. The summed E-state index contributed by atoms with van der Waals surface area (Å²) in [6, 6.07) is 0. The third kappa shape index (κ3) is 2.25. The van der Waals surface area contributed by atoms with Gasteiger partial charge in [-0.15, -0.1) is 0 Å². The molecule has 0 aromatic carbocycles. The molecule has 3 heteroatoms. The van der Waals surface area contributed by atoms with E-state index in [0.29, 0.717) is 5.41 Å². The van der Waals surface area contributed by atoms with Gasteiger partial charge in [0, 0.05) is 23.7 Å². The van der Waals surface area contributed by atoms with E-state index < -0.39 is 0 Å². The number of hydrogen-bond donors (Lipinski definition) is 2. The first kappa shape index (κ1) is 11.3. The summed E-state index contributed by atoms with van der Waals surface area (Å²) in [6.07, 6.45) is 9.83. The number of hydrogen-bond acceptors (Lipinski definition) is 2. The lowest BCUT2D eigenvalue weighted by molar-refractivity contribution is 0.265. The molecule has 3 nitrogen and oxygen atoms in total. The second-order valence-corrected chi connectivity index (χ2v) is 6.06. The van der Waals surface area contributed by atoms with Gasteiger partial charge in [0.25, 0.3) is 0 Å². The Balaban J connectivity index is 1.63. The van der Waals surface area contributed by atoms with Crippen molar-refractivity contribution in [2.75, 3.05) is 13.1 Å². The van der Waals surface area contributed by atoms with Gasteiger partial charge in [0.05, 0.1) is 0 Å². The summed E-state index contributed by atoms with van der Waals surface area (Å²) in [5.41, 5.74) is 1.77. The van der Waals surface area contributed by atoms with Crippen molar-refractivity contribution < 1.29 is 0 Å². The van der Waals surface area contributed by atoms with Crippen LogP contribution in [0.5, 0.6) is 0 Å². The van der Waals surface area contributed by atoms with Crippen molar-refractivity contribution in [2.24, 2.45) is 5.92 Å². The number of piperidine rings is 1. The first-order valence-electron chi connectivity index (χ1n) is 7.01. The molecule has 0 radical (unpaired) electrons. The van der Waals surface area contributed by atoms with Crippen LogP contribution in [0.4, 0.5) is 0 Å². The van der Waals surface area contributed by atoms with Gasteiger partial charge in [0.1, 0.15) is 5.82 Å². The summed E-state index contributed by atoms with van der Waals surface area (Å²) in [6.45, 7) is 4.71. The Morgan fingerprint density at radius 2 is 2.12 bits per heavy atom. The SMILES string of the molecule is CC1(c2cnc(CC3CCNCC3)[nH]2)CCC1. The summed E-state index contributed by atoms with van der Waals surface area (Å²) in [5.74, 6) is 2.03. The molecule has 0 atom stereocenters. The monoisotopic (exact) mass is 233 g/mol. The maximum atomic E-state index is 4.58. The van der Waals surface area contributed by atoms with Gasteiger partial charge in [0.2, 0.25) is 0 Å². The molecule has 2 heterocycles. The zero-order valence-electron chi connectivity index (χ0n) is 10.8. The molecule has 94 valence electrons. The Morgan fingerprint density at radius 3 is 2.76 bits per heavy atom. The summed E-state index contributed by atoms with van der Waals surface area (Å²) < 4.78 is 0. The molecule has 0 bridgehead atoms. The molecule has 2 aliphatic rings. The molecule has 1 saturated carbocycles. The predicted molar refractivity (Wildman–Crippen MR) is 69.1 cm³/mol. The van der Waals surface area contributed by atoms with Gasteiger partial charge in [-0.3, -0.25) is 0 Å². The molecule has 1 aromatic rings. The second-order valence-electron chi connectivity index (χ2n) is 6.06. The zero-order valence-corrected chi connectivity index (χ0v) is 10.8. The number of nitrogens with one attached hydrogen (secondary N) is 2. The highest BCUT2D eigenvalue weighted by Crippen LogP contribution is 2.42. The van der Waals surface area contributed by atoms with Gasteiger partial charge >= 0.3 is 0 Å². The van der Waals surface area contributed by atoms with Crippen molar-refractivity contribution in [2.45, 2.75) is 50.9 Å². The minimum Gasteiger partial charge on any atom is -0.345 e. The molecule has 3 rings (SSSR count). The maximum absolute atomic E-state index is 4.58. The largest absolute Gasteiger partial charge is 0.345 e. The fourth-order valence-electron chi connectivity index (χ4n) is 3.11. The standard InChI is InChI=1S/C14H23N3/c1-14(5-2-6-14)12-10-16-13(17-12)9-11-3-7-15-8-4-11/h10-11,15H,2-9H2,1H3,(H,16,17). The van der Waals surface area contributed by atoms with Gasteiger partial charge in [-0.25, -0.2) is 4.98 Å². The van der Waals surface area contributed by atoms with E-state index in [4.69, 9.17) is 0 Å². The van der Waals surface area contributed by atoms with Crippen LogP contribution < -0.4 is 5.32 Å². The predicted octanol–water partition coefficient (Wildman–Crippen LogP) is 2.39. The molecule has 17 heavy (non-hydrogen) atoms. The van der Waals surface area contributed by atoms with Crippen LogP contribution >= 0.6 is 0 Å². The van der Waals surface area contributed by atoms with Crippen molar-refractivity contribution >= 4 is 0 Å². The summed E-state index contributed by atoms with van der Waals surface area (Å²) in [5, 5.41) is 3.42. The maximum Gasteiger partial charge on any atom is 0.106 e. The number of nitrogens with zero attached hydrogens (tertiary/aromatic N) is 1. The Labute approximate surface area is 103 Å². The lowest BCUT2D eigenvalue weighted by atomic mass is 9.68. The van der Waals surface area contributed by atoms with E-state index in [1.165, 1.54) is 56.7 Å². The van der Waals surface area contributed by atoms with E-state index in [1.54, 1.807) is 0 Å². The quantitative estimate of drug-likeness (QED) is 0.841. The normalized spacial score (nSPS) is 24.5. The van der Waals surface area contributed by atoms with Crippen LogP contribution in [-0.4, -0.2) is 23.1 Å². The molecule has 1 aliphatic heterocycles. The molecule has 1 aliphatic carbocycles. The molecular formula is C14H23N3. The van der Waals surface area contributed by atoms with Crippen LogP contribution in [0.3, 0.4) is 0 Å². The van der Waals surface area contributed by atoms with Crippen LogP contribution in [0.2, 0.25) is 0 Å². The molecule has 0 amide bonds. The first-order chi connectivity index (χ1) is 8.26. The average Bonchev–Trinajstić information content (AvgIpc) is 2.76. The highest BCUT2D eigenvalue weighted by Gasteiger charge is 2.35. The summed E-state index contributed by atoms with van der Waals surface area (Å²) in [7, 11) is 0. The van der Waals surface area contributed by atoms with Gasteiger partial charge in [-0.2, -0.15) is 0 Å². The molecule has 1 saturated heterocycles. The van der Waals surface area contributed by atoms with Crippen LogP contribution in [0, 0.1) is 5.92 Å². The number of aromatic amines is 1. The third-order valence-corrected chi connectivity index (χ3v) is 4.68. The Kier molecular flexibility index (Phi) is 2.95. The Hall–Kier alpha value is -0.830. The van der Waals surface area contributed by atoms with Gasteiger partial charge < -0.3 is 10.3 Å². The van der Waals surface area contributed by atoms with Crippen LogP contribution in [0.1, 0.15) is 50.5 Å². The van der Waals surface area contributed by atoms with Crippen molar-refractivity contribution in [3.05, 3.63) is 17.7 Å². The second kappa shape index (κ2) is 4.45. The molecular weight excluding hydrogens is 210 g/mol. The van der Waals surface area contributed by atoms with Gasteiger partial charge in [-0.1, -0.05) is 13.3 Å². The molecule has 2 N–H and O–H groups in total. The Bertz CT molecular complexity index is 373. The number of aromatic nitrogens is 2. The average molecular weight is 233 g/mol. The van der Waals surface area contributed by atoms with Crippen molar-refractivity contribution in [3.63, 3.8) is 0 Å². The van der Waals surface area contributed by atoms with Gasteiger partial charge in [-0.05, 0) is 44.7 Å².